The maximum absolute atomic E-state index is 5.61. The summed E-state index contributed by atoms with van der Waals surface area (Å²) in [4.78, 5) is 11.0. The highest BCUT2D eigenvalue weighted by molar-refractivity contribution is 6.26. The van der Waals surface area contributed by atoms with Crippen molar-refractivity contribution in [3.8, 4) is 28.2 Å². The first kappa shape index (κ1) is 31.2. The minimum atomic E-state index is 0.813. The second kappa shape index (κ2) is 12.4. The van der Waals surface area contributed by atoms with E-state index in [1.807, 2.05) is 12.2 Å². The van der Waals surface area contributed by atoms with Crippen molar-refractivity contribution in [1.29, 1.82) is 0 Å². The smallest absolute Gasteiger partial charge is 0.165 e. The average Bonchev–Trinajstić information content (AvgIpc) is 3.49. The molecule has 0 atom stereocenters. The normalized spacial score (nSPS) is 11.7. The largest absolute Gasteiger partial charge is 0.292 e. The third-order valence-electron chi connectivity index (χ3n) is 9.96. The van der Waals surface area contributed by atoms with Crippen molar-refractivity contribution in [2.45, 2.75) is 34.6 Å². The third kappa shape index (κ3) is 4.89. The molecule has 0 spiro atoms. The van der Waals surface area contributed by atoms with Crippen molar-refractivity contribution in [3.05, 3.63) is 168 Å². The van der Waals surface area contributed by atoms with Gasteiger partial charge in [-0.05, 0) is 84.5 Å². The monoisotopic (exact) mass is 645 g/mol. The van der Waals surface area contributed by atoms with Crippen molar-refractivity contribution >= 4 is 48.9 Å². The van der Waals surface area contributed by atoms with Crippen molar-refractivity contribution in [2.75, 3.05) is 0 Å². The predicted octanol–water partition coefficient (Wildman–Crippen LogP) is 12.7. The number of benzene rings is 6. The molecular weight excluding hydrogens is 607 g/mol. The van der Waals surface area contributed by atoms with E-state index in [4.69, 9.17) is 9.97 Å². The van der Waals surface area contributed by atoms with Crippen molar-refractivity contribution in [2.24, 2.45) is 0 Å². The summed E-state index contributed by atoms with van der Waals surface area (Å²) in [7, 11) is 0. The summed E-state index contributed by atoms with van der Waals surface area (Å²) in [5, 5.41) is 7.39. The Labute approximate surface area is 293 Å². The van der Waals surface area contributed by atoms with Gasteiger partial charge in [-0.1, -0.05) is 140 Å². The van der Waals surface area contributed by atoms with E-state index in [-0.39, 0.29) is 0 Å². The highest BCUT2D eigenvalue weighted by atomic mass is 15.1. The van der Waals surface area contributed by atoms with Crippen LogP contribution in [-0.2, 0) is 0 Å². The first-order valence-electron chi connectivity index (χ1n) is 17.2. The molecule has 3 nitrogen and oxygen atoms in total. The molecular formula is C47H39N3. The Morgan fingerprint density at radius 1 is 0.660 bits per heavy atom. The van der Waals surface area contributed by atoms with Gasteiger partial charge in [-0.25, -0.2) is 9.97 Å². The summed E-state index contributed by atoms with van der Waals surface area (Å²) in [6, 6.07) is 41.3. The standard InChI is InChI=1S/C47H39N3/c1-7-8-21-35(29(2)3)44-32(6)48-45(34-19-10-9-11-20-34)47(49-44)50-40-26-17-16-25-39(40)43-38-24-15-14-23-37(38)42(31(5)46(43)50)41-30(4)27-28-33-18-12-13-22-36(33)41/h7-28H,1H2,2-6H3/b21-8-. The van der Waals surface area contributed by atoms with E-state index >= 15 is 0 Å². The number of rotatable bonds is 6. The van der Waals surface area contributed by atoms with Gasteiger partial charge in [0.1, 0.15) is 5.69 Å². The van der Waals surface area contributed by atoms with Crippen LogP contribution in [0.15, 0.2) is 146 Å². The molecule has 0 N–H and O–H groups in total. The summed E-state index contributed by atoms with van der Waals surface area (Å²) in [5.41, 5.74) is 13.1. The quantitative estimate of drug-likeness (QED) is 0.168. The molecule has 2 aromatic heterocycles. The Kier molecular flexibility index (Phi) is 7.76. The zero-order valence-electron chi connectivity index (χ0n) is 29.3. The molecule has 3 heteroatoms. The van der Waals surface area contributed by atoms with Crippen molar-refractivity contribution in [3.63, 3.8) is 0 Å². The number of fused-ring (bicyclic) bond motifs is 6. The fourth-order valence-electron chi connectivity index (χ4n) is 7.72. The maximum atomic E-state index is 5.61. The number of aromatic nitrogens is 3. The highest BCUT2D eigenvalue weighted by Crippen LogP contribution is 2.47. The van der Waals surface area contributed by atoms with E-state index in [0.717, 1.165) is 50.6 Å². The van der Waals surface area contributed by atoms with Crippen LogP contribution in [0.25, 0.3) is 77.1 Å². The van der Waals surface area contributed by atoms with Crippen LogP contribution >= 0.6 is 0 Å². The molecule has 0 saturated carbocycles. The van der Waals surface area contributed by atoms with Crippen LogP contribution in [0.1, 0.15) is 36.4 Å². The number of hydrogen-bond donors (Lipinski definition) is 0. The molecule has 0 aliphatic rings. The minimum absolute atomic E-state index is 0.813. The fourth-order valence-corrected chi connectivity index (χ4v) is 7.72. The van der Waals surface area contributed by atoms with Crippen molar-refractivity contribution < 1.29 is 0 Å². The molecule has 8 aromatic rings. The Morgan fingerprint density at radius 3 is 2.06 bits per heavy atom. The van der Waals surface area contributed by atoms with E-state index in [1.54, 1.807) is 0 Å². The summed E-state index contributed by atoms with van der Waals surface area (Å²) in [6.45, 7) is 14.8. The Morgan fingerprint density at radius 2 is 1.32 bits per heavy atom. The van der Waals surface area contributed by atoms with Gasteiger partial charge in [0, 0.05) is 21.9 Å². The molecule has 50 heavy (non-hydrogen) atoms. The van der Waals surface area contributed by atoms with Gasteiger partial charge in [-0.2, -0.15) is 0 Å². The first-order chi connectivity index (χ1) is 24.4. The number of nitrogens with zero attached hydrogens (tertiary/aromatic N) is 3. The third-order valence-corrected chi connectivity index (χ3v) is 9.96. The SMILES string of the molecule is C=C/C=C\C(=C(C)C)c1nc(-n2c3ccccc3c3c4ccccc4c(-c4c(C)ccc5ccccc45)c(C)c32)c(-c2ccccc2)nc1C. The molecule has 0 unspecified atom stereocenters. The van der Waals surface area contributed by atoms with Crippen LogP contribution in [0, 0.1) is 20.8 Å². The lowest BCUT2D eigenvalue weighted by Gasteiger charge is -2.20. The number of hydrogen-bond acceptors (Lipinski definition) is 2. The predicted molar refractivity (Wildman–Crippen MR) is 214 cm³/mol. The molecule has 0 aliphatic carbocycles. The molecule has 242 valence electrons. The molecule has 0 amide bonds. The molecule has 0 aliphatic heterocycles. The van der Waals surface area contributed by atoms with Gasteiger partial charge in [0.25, 0.3) is 0 Å². The van der Waals surface area contributed by atoms with Crippen LogP contribution in [0.5, 0.6) is 0 Å². The molecule has 0 fully saturated rings. The van der Waals surface area contributed by atoms with E-state index in [1.165, 1.54) is 54.6 Å². The highest BCUT2D eigenvalue weighted by Gasteiger charge is 2.26. The Hall–Kier alpha value is -6.06. The van der Waals surface area contributed by atoms with E-state index < -0.39 is 0 Å². The van der Waals surface area contributed by atoms with Crippen LogP contribution < -0.4 is 0 Å². The van der Waals surface area contributed by atoms with Crippen LogP contribution in [0.4, 0.5) is 0 Å². The lowest BCUT2D eigenvalue weighted by Crippen LogP contribution is -2.09. The second-order valence-corrected chi connectivity index (χ2v) is 13.3. The summed E-state index contributed by atoms with van der Waals surface area (Å²) in [6.07, 6.45) is 5.88. The van der Waals surface area contributed by atoms with Gasteiger partial charge in [0.15, 0.2) is 5.82 Å². The minimum Gasteiger partial charge on any atom is -0.292 e. The van der Waals surface area contributed by atoms with Crippen molar-refractivity contribution in [1.82, 2.24) is 14.5 Å². The molecule has 0 bridgehead atoms. The van der Waals surface area contributed by atoms with Crippen LogP contribution in [0.2, 0.25) is 0 Å². The van der Waals surface area contributed by atoms with Gasteiger partial charge in [0.05, 0.1) is 22.4 Å². The zero-order valence-corrected chi connectivity index (χ0v) is 29.3. The van der Waals surface area contributed by atoms with Crippen LogP contribution in [-0.4, -0.2) is 14.5 Å². The molecule has 2 heterocycles. The summed E-state index contributed by atoms with van der Waals surface area (Å²) >= 11 is 0. The number of para-hydroxylation sites is 1. The van der Waals surface area contributed by atoms with E-state index in [9.17, 15) is 0 Å². The maximum Gasteiger partial charge on any atom is 0.165 e. The zero-order chi connectivity index (χ0) is 34.5. The summed E-state index contributed by atoms with van der Waals surface area (Å²) in [5.74, 6) is 0.813. The van der Waals surface area contributed by atoms with Gasteiger partial charge in [-0.15, -0.1) is 0 Å². The van der Waals surface area contributed by atoms with Gasteiger partial charge in [0.2, 0.25) is 0 Å². The topological polar surface area (TPSA) is 30.7 Å². The Balaban J connectivity index is 1.61. The number of aryl methyl sites for hydroxylation is 3. The van der Waals surface area contributed by atoms with Gasteiger partial charge >= 0.3 is 0 Å². The van der Waals surface area contributed by atoms with Gasteiger partial charge in [-0.3, -0.25) is 4.57 Å². The molecule has 8 rings (SSSR count). The first-order valence-corrected chi connectivity index (χ1v) is 17.2. The van der Waals surface area contributed by atoms with E-state index in [2.05, 4.69) is 167 Å². The Bertz CT molecular complexity index is 2700. The van der Waals surface area contributed by atoms with E-state index in [0.29, 0.717) is 0 Å². The lowest BCUT2D eigenvalue weighted by molar-refractivity contribution is 1.00. The number of allylic oxidation sites excluding steroid dienone is 5. The molecule has 6 aromatic carbocycles. The summed E-state index contributed by atoms with van der Waals surface area (Å²) < 4.78 is 2.38. The average molecular weight is 646 g/mol. The fraction of sp³-hybridized carbons (Fsp3) is 0.106. The molecule has 0 radical (unpaired) electrons. The lowest BCUT2D eigenvalue weighted by atomic mass is 9.86. The van der Waals surface area contributed by atoms with Crippen LogP contribution in [0.3, 0.4) is 0 Å². The second-order valence-electron chi connectivity index (χ2n) is 13.3. The van der Waals surface area contributed by atoms with Gasteiger partial charge < -0.3 is 0 Å². The molecule has 0 saturated heterocycles.